The molecule has 23 rings (SSSR count). The average Bonchev–Trinajstić information content (AvgIpc) is 1.51. The molecule has 546 valence electrons. The molecule has 1 N–H and O–H groups in total. The number of rotatable bonds is 13. The minimum Gasteiger partial charge on any atom is -0.456 e. The number of amidine groups is 2. The fraction of sp³-hybridized carbons (Fsp3) is 0.0189. The van der Waals surface area contributed by atoms with E-state index in [-0.39, 0.29) is 6.17 Å². The molecule has 0 bridgehead atoms. The topological polar surface area (TPSA) is 140 Å². The number of aromatic nitrogens is 6. The highest BCUT2D eigenvalue weighted by Gasteiger charge is 2.51. The molecule has 1 aliphatic heterocycles. The fourth-order valence-corrected chi connectivity index (χ4v) is 17.8. The minimum atomic E-state index is -0.419. The normalized spacial score (nSPS) is 13.6. The van der Waals surface area contributed by atoms with Crippen molar-refractivity contribution < 1.29 is 8.83 Å². The zero-order chi connectivity index (χ0) is 77.1. The molecule has 1 atom stereocenters. The van der Waals surface area contributed by atoms with Crippen LogP contribution in [0.1, 0.15) is 45.1 Å². The lowest BCUT2D eigenvalue weighted by Gasteiger charge is -2.30. The molecule has 0 saturated carbocycles. The van der Waals surface area contributed by atoms with Gasteiger partial charge in [-0.15, -0.1) is 0 Å². The molecule has 1 unspecified atom stereocenters. The monoisotopic (exact) mass is 1500 g/mol. The highest BCUT2D eigenvalue weighted by molar-refractivity contribution is 6.22. The SMILES string of the molecule is c1ccc(C2=NC(c3cccc4oc5ccc(-c6cccc(-c7nc(-c8ccccc8)nc(-c8cccc(-c9cccc(-c%10nc(-c%11ccccc%11)nc(-c%11cccc%12oc%13ccc(-c%14ccc(-c%15ccc%16c(c%15)C%15(c%17ccccc%17-c%17ccccc%17%15)c%15ccccc%15-%16)cc%14)cc%13c%11%12)n%10)c9)c8)n7)c6)cc5c34)=NC(c3ccccc3)N2)cc1. The van der Waals surface area contributed by atoms with Gasteiger partial charge in [0.1, 0.15) is 34.3 Å². The van der Waals surface area contributed by atoms with Crippen LogP contribution in [0.5, 0.6) is 0 Å². The lowest BCUT2D eigenvalue weighted by atomic mass is 9.70. The third kappa shape index (κ3) is 11.3. The second-order valence-corrected chi connectivity index (χ2v) is 30.0. The van der Waals surface area contributed by atoms with Gasteiger partial charge >= 0.3 is 0 Å². The summed E-state index contributed by atoms with van der Waals surface area (Å²) >= 11 is 0. The Kier molecular flexibility index (Phi) is 15.6. The van der Waals surface area contributed by atoms with Crippen LogP contribution in [0.3, 0.4) is 0 Å². The zero-order valence-corrected chi connectivity index (χ0v) is 62.8. The van der Waals surface area contributed by atoms with E-state index in [0.717, 1.165) is 139 Å². The molecule has 20 aromatic rings. The third-order valence-electron chi connectivity index (χ3n) is 23.3. The summed E-state index contributed by atoms with van der Waals surface area (Å²) < 4.78 is 13.3. The van der Waals surface area contributed by atoms with Gasteiger partial charge in [0.05, 0.1) is 5.41 Å². The maximum absolute atomic E-state index is 6.71. The van der Waals surface area contributed by atoms with E-state index >= 15 is 0 Å². The molecule has 4 aromatic heterocycles. The maximum atomic E-state index is 6.71. The van der Waals surface area contributed by atoms with Gasteiger partial charge in [-0.2, -0.15) is 0 Å². The number of hydrogen-bond acceptors (Lipinski definition) is 11. The van der Waals surface area contributed by atoms with Gasteiger partial charge in [0, 0.05) is 66.1 Å². The van der Waals surface area contributed by atoms with Crippen LogP contribution in [-0.4, -0.2) is 41.6 Å². The highest BCUT2D eigenvalue weighted by Crippen LogP contribution is 2.63. The first-order chi connectivity index (χ1) is 57.9. The van der Waals surface area contributed by atoms with Crippen LogP contribution in [0.2, 0.25) is 0 Å². The van der Waals surface area contributed by atoms with Gasteiger partial charge in [-0.25, -0.2) is 39.9 Å². The largest absolute Gasteiger partial charge is 0.456 e. The maximum Gasteiger partial charge on any atom is 0.164 e. The average molecular weight is 1500 g/mol. The van der Waals surface area contributed by atoms with E-state index in [1.807, 2.05) is 127 Å². The third-order valence-corrected chi connectivity index (χ3v) is 23.3. The molecule has 0 saturated heterocycles. The van der Waals surface area contributed by atoms with Crippen LogP contribution >= 0.6 is 0 Å². The van der Waals surface area contributed by atoms with Crippen molar-refractivity contribution in [3.63, 3.8) is 0 Å². The first-order valence-electron chi connectivity index (χ1n) is 39.4. The molecule has 16 aromatic carbocycles. The Balaban J connectivity index is 0.570. The van der Waals surface area contributed by atoms with Crippen molar-refractivity contribution in [3.8, 4) is 135 Å². The first kappa shape index (κ1) is 67.0. The highest BCUT2D eigenvalue weighted by atomic mass is 16.3. The summed E-state index contributed by atoms with van der Waals surface area (Å²) in [7, 11) is 0. The van der Waals surface area contributed by atoms with Gasteiger partial charge in [0.25, 0.3) is 0 Å². The molecule has 0 amide bonds. The van der Waals surface area contributed by atoms with Crippen molar-refractivity contribution in [1.29, 1.82) is 0 Å². The number of nitrogens with zero attached hydrogens (tertiary/aromatic N) is 8. The second-order valence-electron chi connectivity index (χ2n) is 30.0. The number of aliphatic imine (C=N–C) groups is 2. The van der Waals surface area contributed by atoms with E-state index < -0.39 is 5.41 Å². The summed E-state index contributed by atoms with van der Waals surface area (Å²) in [5.41, 5.74) is 29.4. The molecule has 0 fully saturated rings. The molecule has 2 aliphatic carbocycles. The van der Waals surface area contributed by atoms with Crippen LogP contribution in [0.4, 0.5) is 0 Å². The van der Waals surface area contributed by atoms with Gasteiger partial charge in [-0.3, -0.25) is 0 Å². The number of furan rings is 2. The molecular formula is C106H65N9O2. The van der Waals surface area contributed by atoms with Crippen molar-refractivity contribution in [1.82, 2.24) is 35.2 Å². The number of benzene rings is 16. The van der Waals surface area contributed by atoms with E-state index in [9.17, 15) is 0 Å². The van der Waals surface area contributed by atoms with E-state index in [4.69, 9.17) is 48.7 Å². The molecule has 3 aliphatic rings. The van der Waals surface area contributed by atoms with Crippen LogP contribution < -0.4 is 5.32 Å². The molecule has 11 heteroatoms. The van der Waals surface area contributed by atoms with Gasteiger partial charge in [-0.05, 0) is 155 Å². The Labute approximate surface area is 673 Å². The van der Waals surface area contributed by atoms with E-state index in [2.05, 4.69) is 260 Å². The van der Waals surface area contributed by atoms with Gasteiger partial charge in [-0.1, -0.05) is 322 Å². The van der Waals surface area contributed by atoms with Crippen molar-refractivity contribution in [2.24, 2.45) is 9.98 Å². The number of hydrogen-bond donors (Lipinski definition) is 1. The summed E-state index contributed by atoms with van der Waals surface area (Å²) in [6.07, 6.45) is -0.359. The molecule has 5 heterocycles. The molecule has 0 radical (unpaired) electrons. The predicted molar refractivity (Wildman–Crippen MR) is 470 cm³/mol. The smallest absolute Gasteiger partial charge is 0.164 e. The Bertz CT molecular complexity index is 7420. The quantitative estimate of drug-likeness (QED) is 0.119. The Morgan fingerprint density at radius 1 is 0.231 bits per heavy atom. The van der Waals surface area contributed by atoms with Crippen molar-refractivity contribution in [2.45, 2.75) is 11.6 Å². The van der Waals surface area contributed by atoms with E-state index in [1.54, 1.807) is 0 Å². The first-order valence-corrected chi connectivity index (χ1v) is 39.4. The lowest BCUT2D eigenvalue weighted by molar-refractivity contribution is 0.668. The fourth-order valence-electron chi connectivity index (χ4n) is 17.8. The summed E-state index contributed by atoms with van der Waals surface area (Å²) in [6, 6.07) is 134. The van der Waals surface area contributed by atoms with Gasteiger partial charge < -0.3 is 14.2 Å². The van der Waals surface area contributed by atoms with Crippen LogP contribution in [0.25, 0.3) is 179 Å². The Morgan fingerprint density at radius 2 is 0.573 bits per heavy atom. The molecule has 11 nitrogen and oxygen atoms in total. The molecule has 117 heavy (non-hydrogen) atoms. The zero-order valence-electron chi connectivity index (χ0n) is 62.8. The lowest BCUT2D eigenvalue weighted by Crippen LogP contribution is -2.33. The molecular weight excluding hydrogens is 1430 g/mol. The summed E-state index contributed by atoms with van der Waals surface area (Å²) in [5.74, 6) is 4.59. The number of fused-ring (bicyclic) bond motifs is 16. The Hall–Kier alpha value is -15.7. The van der Waals surface area contributed by atoms with Crippen LogP contribution in [0.15, 0.2) is 401 Å². The minimum absolute atomic E-state index is 0.359. The van der Waals surface area contributed by atoms with Crippen LogP contribution in [-0.2, 0) is 5.41 Å². The molecule has 1 spiro atoms. The second kappa shape index (κ2) is 27.3. The summed E-state index contributed by atoms with van der Waals surface area (Å²) in [5, 5.41) is 7.38. The Morgan fingerprint density at radius 3 is 1.07 bits per heavy atom. The number of nitrogens with one attached hydrogen (secondary N) is 1. The standard InChI is InChI=1S/C106H65N9O2/c1-5-24-66(25-6-1)97-108-101(111-102(109-97)77-36-21-34-72(60-77)74-54-57-92-86(62-74)96-83(41-22-47-94(96)117-92)104-112-98(67-26-7-2-8-27-67)107-99(113-104)68-28-9-3-10-29-68)76-35-19-32-70(58-76)71-33-20-37-78(59-71)103-110-100(69-30-11-4-12-31-69)114-105(115-103)84-42-23-46-93-95(84)85-61-73(53-56-91(85)116-93)64-48-50-65(51-49-64)75-52-55-82-81-40-15-18-45-89(81)106(90(82)63-75)87-43-16-13-38-79(87)80-39-14-17-44-88(80)106/h1-63,98H,(H,107,112,113). The van der Waals surface area contributed by atoms with E-state index in [0.29, 0.717) is 40.8 Å². The van der Waals surface area contributed by atoms with Crippen molar-refractivity contribution >= 4 is 55.5 Å². The van der Waals surface area contributed by atoms with E-state index in [1.165, 1.54) is 50.1 Å². The predicted octanol–water partition coefficient (Wildman–Crippen LogP) is 25.4. The van der Waals surface area contributed by atoms with Gasteiger partial charge in [0.15, 0.2) is 40.8 Å². The van der Waals surface area contributed by atoms with Crippen molar-refractivity contribution in [2.75, 3.05) is 0 Å². The summed E-state index contributed by atoms with van der Waals surface area (Å²) in [6.45, 7) is 0. The van der Waals surface area contributed by atoms with Gasteiger partial charge in [0.2, 0.25) is 0 Å². The van der Waals surface area contributed by atoms with Crippen LogP contribution in [0, 0.1) is 0 Å². The van der Waals surface area contributed by atoms with Crippen molar-refractivity contribution in [3.05, 3.63) is 421 Å². The summed E-state index contributed by atoms with van der Waals surface area (Å²) in [4.78, 5) is 42.2.